The van der Waals surface area contributed by atoms with Crippen molar-refractivity contribution in [2.75, 3.05) is 38.3 Å². The fourth-order valence-electron chi connectivity index (χ4n) is 3.18. The van der Waals surface area contributed by atoms with Gasteiger partial charge in [-0.2, -0.15) is 0 Å². The number of aryl methyl sites for hydroxylation is 2. The molecule has 3 rings (SSSR count). The largest absolute Gasteiger partial charge is 0.383 e. The lowest BCUT2D eigenvalue weighted by atomic mass is 9.97. The van der Waals surface area contributed by atoms with E-state index in [4.69, 9.17) is 4.74 Å². The molecule has 0 bridgehead atoms. The summed E-state index contributed by atoms with van der Waals surface area (Å²) in [7, 11) is 1.63. The van der Waals surface area contributed by atoms with Crippen molar-refractivity contribution >= 4 is 22.4 Å². The normalized spacial score (nSPS) is 17.7. The van der Waals surface area contributed by atoms with Gasteiger partial charge in [0.25, 0.3) is 0 Å². The van der Waals surface area contributed by atoms with E-state index >= 15 is 0 Å². The molecule has 2 aromatic heterocycles. The molecule has 1 aliphatic heterocycles. The molecule has 1 saturated heterocycles. The Hall–Kier alpha value is -1.93. The van der Waals surface area contributed by atoms with E-state index in [0.29, 0.717) is 19.7 Å². The average Bonchev–Trinajstić information content (AvgIpc) is 3.22. The van der Waals surface area contributed by atoms with Crippen LogP contribution in [0.15, 0.2) is 12.1 Å². The number of hydrogen-bond acceptors (Lipinski definition) is 6. The Balaban J connectivity index is 1.67. The zero-order valence-electron chi connectivity index (χ0n) is 15.0. The SMILES string of the molecule is COCCNC(=O)[C@@H]1CCCN(c2nnc(-n3c(C)ccc3C)s2)C1. The van der Waals surface area contributed by atoms with Crippen LogP contribution in [0.1, 0.15) is 24.2 Å². The van der Waals surface area contributed by atoms with Crippen LogP contribution in [0.3, 0.4) is 0 Å². The van der Waals surface area contributed by atoms with Gasteiger partial charge < -0.3 is 15.0 Å². The first-order valence-corrected chi connectivity index (χ1v) is 9.42. The maximum atomic E-state index is 12.3. The molecule has 1 amide bonds. The van der Waals surface area contributed by atoms with E-state index in [1.54, 1.807) is 18.4 Å². The van der Waals surface area contributed by atoms with E-state index < -0.39 is 0 Å². The highest BCUT2D eigenvalue weighted by molar-refractivity contribution is 7.17. The lowest BCUT2D eigenvalue weighted by Gasteiger charge is -2.31. The zero-order chi connectivity index (χ0) is 17.8. The topological polar surface area (TPSA) is 72.3 Å². The van der Waals surface area contributed by atoms with Gasteiger partial charge in [-0.1, -0.05) is 11.3 Å². The van der Waals surface area contributed by atoms with Crippen LogP contribution in [0, 0.1) is 19.8 Å². The van der Waals surface area contributed by atoms with Gasteiger partial charge in [0, 0.05) is 38.1 Å². The van der Waals surface area contributed by atoms with Crippen LogP contribution in [0.25, 0.3) is 5.13 Å². The number of hydrogen-bond donors (Lipinski definition) is 1. The molecule has 0 aromatic carbocycles. The molecule has 3 heterocycles. The third kappa shape index (κ3) is 4.01. The molecule has 2 aromatic rings. The van der Waals surface area contributed by atoms with E-state index in [1.807, 2.05) is 0 Å². The fourth-order valence-corrected chi connectivity index (χ4v) is 4.18. The van der Waals surface area contributed by atoms with Gasteiger partial charge in [-0.25, -0.2) is 0 Å². The summed E-state index contributed by atoms with van der Waals surface area (Å²) in [5.41, 5.74) is 2.29. The molecule has 136 valence electrons. The summed E-state index contributed by atoms with van der Waals surface area (Å²) >= 11 is 1.58. The highest BCUT2D eigenvalue weighted by atomic mass is 32.1. The Morgan fingerprint density at radius 1 is 1.32 bits per heavy atom. The number of nitrogens with one attached hydrogen (secondary N) is 1. The monoisotopic (exact) mass is 363 g/mol. The molecule has 1 atom stereocenters. The third-order valence-corrected chi connectivity index (χ3v) is 5.50. The van der Waals surface area contributed by atoms with Crippen LogP contribution in [0.5, 0.6) is 0 Å². The zero-order valence-corrected chi connectivity index (χ0v) is 15.8. The van der Waals surface area contributed by atoms with Crippen LogP contribution in [-0.4, -0.2) is 54.0 Å². The van der Waals surface area contributed by atoms with Gasteiger partial charge >= 0.3 is 0 Å². The molecular weight excluding hydrogens is 338 g/mol. The average molecular weight is 363 g/mol. The Bertz CT molecular complexity index is 707. The number of nitrogens with zero attached hydrogens (tertiary/aromatic N) is 4. The van der Waals surface area contributed by atoms with Crippen LogP contribution >= 0.6 is 11.3 Å². The molecule has 1 aliphatic rings. The smallest absolute Gasteiger partial charge is 0.224 e. The second-order valence-corrected chi connectivity index (χ2v) is 7.32. The molecule has 1 fully saturated rings. The molecule has 1 N–H and O–H groups in total. The van der Waals surface area contributed by atoms with Crippen LogP contribution in [0.2, 0.25) is 0 Å². The second-order valence-electron chi connectivity index (χ2n) is 6.39. The van der Waals surface area contributed by atoms with Crippen LogP contribution < -0.4 is 10.2 Å². The molecule has 0 unspecified atom stereocenters. The summed E-state index contributed by atoms with van der Waals surface area (Å²) in [4.78, 5) is 14.5. The van der Waals surface area contributed by atoms with Crippen molar-refractivity contribution in [3.63, 3.8) is 0 Å². The summed E-state index contributed by atoms with van der Waals surface area (Å²) in [5.74, 6) is 0.0941. The summed E-state index contributed by atoms with van der Waals surface area (Å²) in [6.07, 6.45) is 1.90. The van der Waals surface area contributed by atoms with E-state index in [2.05, 4.69) is 51.0 Å². The van der Waals surface area contributed by atoms with Crippen molar-refractivity contribution in [1.82, 2.24) is 20.1 Å². The Morgan fingerprint density at radius 3 is 2.76 bits per heavy atom. The van der Waals surface area contributed by atoms with Gasteiger partial charge in [-0.05, 0) is 38.8 Å². The molecule has 0 radical (unpaired) electrons. The number of ether oxygens (including phenoxy) is 1. The van der Waals surface area contributed by atoms with Gasteiger partial charge in [-0.15, -0.1) is 10.2 Å². The summed E-state index contributed by atoms with van der Waals surface area (Å²) in [6, 6.07) is 4.16. The maximum Gasteiger partial charge on any atom is 0.224 e. The van der Waals surface area contributed by atoms with Crippen LogP contribution in [0.4, 0.5) is 5.13 Å². The lowest BCUT2D eigenvalue weighted by molar-refractivity contribution is -0.125. The Morgan fingerprint density at radius 2 is 2.04 bits per heavy atom. The molecule has 0 aliphatic carbocycles. The molecule has 0 saturated carbocycles. The first-order valence-electron chi connectivity index (χ1n) is 8.60. The maximum absolute atomic E-state index is 12.3. The van der Waals surface area contributed by atoms with Gasteiger partial charge in [0.15, 0.2) is 0 Å². The molecule has 7 nitrogen and oxygen atoms in total. The molecule has 8 heteroatoms. The van der Waals surface area contributed by atoms with E-state index in [9.17, 15) is 4.79 Å². The minimum Gasteiger partial charge on any atom is -0.383 e. The highest BCUT2D eigenvalue weighted by Gasteiger charge is 2.27. The highest BCUT2D eigenvalue weighted by Crippen LogP contribution is 2.29. The van der Waals surface area contributed by atoms with Gasteiger partial charge in [-0.3, -0.25) is 9.36 Å². The Labute approximate surface area is 152 Å². The molecule has 0 spiro atoms. The van der Waals surface area contributed by atoms with Crippen molar-refractivity contribution < 1.29 is 9.53 Å². The molecular formula is C17H25N5O2S. The molecule has 25 heavy (non-hydrogen) atoms. The Kier molecular flexibility index (Phi) is 5.70. The summed E-state index contributed by atoms with van der Waals surface area (Å²) < 4.78 is 7.09. The predicted octanol–water partition coefficient (Wildman–Crippen LogP) is 1.92. The predicted molar refractivity (Wildman–Crippen MR) is 98.5 cm³/mol. The minimum absolute atomic E-state index is 0.00648. The minimum atomic E-state index is -0.00648. The summed E-state index contributed by atoms with van der Waals surface area (Å²) in [5, 5.41) is 13.4. The number of amides is 1. The number of anilines is 1. The number of carbonyl (C=O) groups excluding carboxylic acids is 1. The van der Waals surface area contributed by atoms with Gasteiger partial charge in [0.05, 0.1) is 12.5 Å². The van der Waals surface area contributed by atoms with E-state index in [0.717, 1.165) is 41.0 Å². The van der Waals surface area contributed by atoms with Crippen molar-refractivity contribution in [1.29, 1.82) is 0 Å². The number of methoxy groups -OCH3 is 1. The second kappa shape index (κ2) is 7.97. The van der Waals surface area contributed by atoms with Gasteiger partial charge in [0.2, 0.25) is 16.2 Å². The van der Waals surface area contributed by atoms with E-state index in [-0.39, 0.29) is 11.8 Å². The third-order valence-electron chi connectivity index (χ3n) is 4.53. The van der Waals surface area contributed by atoms with Crippen molar-refractivity contribution in [2.45, 2.75) is 26.7 Å². The quantitative estimate of drug-likeness (QED) is 0.794. The first kappa shape index (κ1) is 17.9. The van der Waals surface area contributed by atoms with Crippen molar-refractivity contribution in [2.24, 2.45) is 5.92 Å². The van der Waals surface area contributed by atoms with E-state index in [1.165, 1.54) is 0 Å². The van der Waals surface area contributed by atoms with Crippen molar-refractivity contribution in [3.05, 3.63) is 23.5 Å². The number of carbonyl (C=O) groups is 1. The fraction of sp³-hybridized carbons (Fsp3) is 0.588. The summed E-state index contributed by atoms with van der Waals surface area (Å²) in [6.45, 7) is 6.83. The van der Waals surface area contributed by atoms with Gasteiger partial charge in [0.1, 0.15) is 0 Å². The number of piperidine rings is 1. The van der Waals surface area contributed by atoms with Crippen LogP contribution in [-0.2, 0) is 9.53 Å². The number of rotatable bonds is 6. The lowest BCUT2D eigenvalue weighted by Crippen LogP contribution is -2.43. The van der Waals surface area contributed by atoms with Crippen molar-refractivity contribution in [3.8, 4) is 5.13 Å². The standard InChI is InChI=1S/C17H25N5O2S/c1-12-6-7-13(2)22(12)17-20-19-16(25-17)21-9-4-5-14(11-21)15(23)18-8-10-24-3/h6-7,14H,4-5,8-11H2,1-3H3,(H,18,23)/t14-/m1/s1. The number of aromatic nitrogens is 3. The first-order chi connectivity index (χ1) is 12.1.